The quantitative estimate of drug-likeness (QED) is 0.867. The summed E-state index contributed by atoms with van der Waals surface area (Å²) in [6.45, 7) is 0. The van der Waals surface area contributed by atoms with Crippen LogP contribution in [0.4, 0.5) is 5.69 Å². The smallest absolute Gasteiger partial charge is 0.228 e. The van der Waals surface area contributed by atoms with Crippen LogP contribution in [-0.4, -0.2) is 11.8 Å². The summed E-state index contributed by atoms with van der Waals surface area (Å²) in [5.41, 5.74) is 6.67. The topological polar surface area (TPSA) is 72.2 Å². The largest absolute Gasteiger partial charge is 0.369 e. The molecule has 0 unspecified atom stereocenters. The molecule has 0 radical (unpaired) electrons. The van der Waals surface area contributed by atoms with E-state index in [2.05, 4.69) is 21.2 Å². The van der Waals surface area contributed by atoms with E-state index < -0.39 is 0 Å². The molecule has 4 atom stereocenters. The molecule has 1 aromatic carbocycles. The van der Waals surface area contributed by atoms with E-state index in [0.717, 1.165) is 35.8 Å². The van der Waals surface area contributed by atoms with E-state index in [4.69, 9.17) is 5.73 Å². The summed E-state index contributed by atoms with van der Waals surface area (Å²) >= 11 is 3.38. The molecule has 3 N–H and O–H groups in total. The van der Waals surface area contributed by atoms with Gasteiger partial charge in [-0.1, -0.05) is 15.9 Å². The third kappa shape index (κ3) is 1.94. The first-order valence-corrected chi connectivity index (χ1v) is 8.68. The SMILES string of the molecule is NC(=O)[C@@H]1[C@H](C(=O)Nc2ccc(Br)cc2)[C@@H]2CC[C@H]1C21CC1. The minimum absolute atomic E-state index is 0.0374. The third-order valence-corrected chi connectivity index (χ3v) is 6.62. The summed E-state index contributed by atoms with van der Waals surface area (Å²) in [5.74, 6) is -0.195. The number of hydrogen-bond donors (Lipinski definition) is 2. The molecule has 5 heteroatoms. The maximum Gasteiger partial charge on any atom is 0.228 e. The fraction of sp³-hybridized carbons (Fsp3) is 0.529. The average Bonchev–Trinajstić information content (AvgIpc) is 3.15. The van der Waals surface area contributed by atoms with E-state index in [1.807, 2.05) is 24.3 Å². The van der Waals surface area contributed by atoms with Crippen LogP contribution >= 0.6 is 15.9 Å². The first-order valence-electron chi connectivity index (χ1n) is 7.89. The fourth-order valence-corrected chi connectivity index (χ4v) is 5.41. The van der Waals surface area contributed by atoms with Crippen LogP contribution in [0.15, 0.2) is 28.7 Å². The number of benzene rings is 1. The number of halogens is 1. The molecule has 116 valence electrons. The molecule has 3 aliphatic rings. The summed E-state index contributed by atoms with van der Waals surface area (Å²) in [7, 11) is 0. The van der Waals surface area contributed by atoms with E-state index in [9.17, 15) is 9.59 Å². The summed E-state index contributed by atoms with van der Waals surface area (Å²) in [5, 5.41) is 2.98. The van der Waals surface area contributed by atoms with E-state index in [-0.39, 0.29) is 29.1 Å². The Morgan fingerprint density at radius 2 is 1.68 bits per heavy atom. The molecule has 0 aromatic heterocycles. The molecule has 0 aliphatic heterocycles. The Labute approximate surface area is 138 Å². The summed E-state index contributed by atoms with van der Waals surface area (Å²) < 4.78 is 0.970. The maximum atomic E-state index is 12.8. The van der Waals surface area contributed by atoms with Gasteiger partial charge in [0.2, 0.25) is 11.8 Å². The van der Waals surface area contributed by atoms with Gasteiger partial charge in [-0.25, -0.2) is 0 Å². The van der Waals surface area contributed by atoms with Gasteiger partial charge in [-0.15, -0.1) is 0 Å². The molecular formula is C17H19BrN2O2. The van der Waals surface area contributed by atoms with Gasteiger partial charge in [0, 0.05) is 10.2 Å². The van der Waals surface area contributed by atoms with Gasteiger partial charge in [-0.3, -0.25) is 9.59 Å². The Balaban J connectivity index is 1.59. The lowest BCUT2D eigenvalue weighted by Crippen LogP contribution is -2.40. The zero-order valence-corrected chi connectivity index (χ0v) is 13.8. The van der Waals surface area contributed by atoms with Crippen molar-refractivity contribution in [3.8, 4) is 0 Å². The highest BCUT2D eigenvalue weighted by atomic mass is 79.9. The van der Waals surface area contributed by atoms with E-state index >= 15 is 0 Å². The van der Waals surface area contributed by atoms with Crippen molar-refractivity contribution in [3.05, 3.63) is 28.7 Å². The summed E-state index contributed by atoms with van der Waals surface area (Å²) in [6, 6.07) is 7.51. The predicted molar refractivity (Wildman–Crippen MR) is 86.8 cm³/mol. The molecule has 3 saturated carbocycles. The Morgan fingerprint density at radius 1 is 1.09 bits per heavy atom. The Bertz CT molecular complexity index is 639. The van der Waals surface area contributed by atoms with Crippen LogP contribution in [0.1, 0.15) is 25.7 Å². The zero-order valence-electron chi connectivity index (χ0n) is 12.2. The van der Waals surface area contributed by atoms with Crippen molar-refractivity contribution in [2.75, 3.05) is 5.32 Å². The van der Waals surface area contributed by atoms with Crippen LogP contribution in [-0.2, 0) is 9.59 Å². The lowest BCUT2D eigenvalue weighted by atomic mass is 9.78. The number of amides is 2. The number of nitrogens with one attached hydrogen (secondary N) is 1. The highest BCUT2D eigenvalue weighted by molar-refractivity contribution is 9.10. The molecule has 2 amide bonds. The molecular weight excluding hydrogens is 344 g/mol. The first kappa shape index (κ1) is 14.2. The van der Waals surface area contributed by atoms with Gasteiger partial charge in [-0.05, 0) is 67.2 Å². The summed E-state index contributed by atoms with van der Waals surface area (Å²) in [4.78, 5) is 24.7. The highest BCUT2D eigenvalue weighted by Gasteiger charge is 2.71. The Kier molecular flexibility index (Phi) is 3.12. The predicted octanol–water partition coefficient (Wildman–Crippen LogP) is 2.93. The molecule has 22 heavy (non-hydrogen) atoms. The highest BCUT2D eigenvalue weighted by Crippen LogP contribution is 2.74. The number of carbonyl (C=O) groups is 2. The van der Waals surface area contributed by atoms with Crippen LogP contribution in [0.2, 0.25) is 0 Å². The monoisotopic (exact) mass is 362 g/mol. The molecule has 4 nitrogen and oxygen atoms in total. The Hall–Kier alpha value is -1.36. The van der Waals surface area contributed by atoms with Crippen LogP contribution in [0.3, 0.4) is 0 Å². The van der Waals surface area contributed by atoms with Crippen LogP contribution < -0.4 is 11.1 Å². The normalized spacial score (nSPS) is 33.9. The van der Waals surface area contributed by atoms with Crippen molar-refractivity contribution < 1.29 is 9.59 Å². The molecule has 1 spiro atoms. The van der Waals surface area contributed by atoms with Gasteiger partial charge in [0.1, 0.15) is 0 Å². The number of nitrogens with two attached hydrogens (primary N) is 1. The molecule has 2 bridgehead atoms. The Morgan fingerprint density at radius 3 is 2.23 bits per heavy atom. The average molecular weight is 363 g/mol. The van der Waals surface area contributed by atoms with Crippen molar-refractivity contribution in [3.63, 3.8) is 0 Å². The van der Waals surface area contributed by atoms with Crippen LogP contribution in [0.25, 0.3) is 0 Å². The van der Waals surface area contributed by atoms with E-state index in [1.54, 1.807) is 0 Å². The van der Waals surface area contributed by atoms with Gasteiger partial charge >= 0.3 is 0 Å². The number of primary amides is 1. The number of rotatable bonds is 3. The minimum atomic E-state index is -0.297. The first-order chi connectivity index (χ1) is 10.5. The number of carbonyl (C=O) groups excluding carboxylic acids is 2. The van der Waals surface area contributed by atoms with E-state index in [1.165, 1.54) is 0 Å². The van der Waals surface area contributed by atoms with Crippen molar-refractivity contribution >= 4 is 33.4 Å². The van der Waals surface area contributed by atoms with Gasteiger partial charge in [0.25, 0.3) is 0 Å². The van der Waals surface area contributed by atoms with Crippen LogP contribution in [0, 0.1) is 29.1 Å². The second-order valence-electron chi connectivity index (χ2n) is 6.97. The van der Waals surface area contributed by atoms with Gasteiger partial charge in [0.15, 0.2) is 0 Å². The molecule has 3 fully saturated rings. The molecule has 4 rings (SSSR count). The van der Waals surface area contributed by atoms with Gasteiger partial charge in [-0.2, -0.15) is 0 Å². The molecule has 1 aromatic rings. The second kappa shape index (κ2) is 4.82. The van der Waals surface area contributed by atoms with Crippen molar-refractivity contribution in [2.45, 2.75) is 25.7 Å². The third-order valence-electron chi connectivity index (χ3n) is 6.09. The second-order valence-corrected chi connectivity index (χ2v) is 7.89. The fourth-order valence-electron chi connectivity index (χ4n) is 5.15. The standard InChI is InChI=1S/C17H19BrN2O2/c18-9-1-3-10(4-2-9)20-16(22)14-12-6-5-11(13(14)15(19)21)17(12)7-8-17/h1-4,11-14H,5-8H2,(H2,19,21)(H,20,22)/t11-,12+,13+,14-/m1/s1. The van der Waals surface area contributed by atoms with Crippen molar-refractivity contribution in [1.29, 1.82) is 0 Å². The number of hydrogen-bond acceptors (Lipinski definition) is 2. The molecule has 0 saturated heterocycles. The zero-order chi connectivity index (χ0) is 15.5. The van der Waals surface area contributed by atoms with Crippen molar-refractivity contribution in [2.24, 2.45) is 34.8 Å². The number of anilines is 1. The van der Waals surface area contributed by atoms with Crippen LogP contribution in [0.5, 0.6) is 0 Å². The summed E-state index contributed by atoms with van der Waals surface area (Å²) in [6.07, 6.45) is 4.44. The lowest BCUT2D eigenvalue weighted by Gasteiger charge is -2.27. The van der Waals surface area contributed by atoms with E-state index in [0.29, 0.717) is 11.8 Å². The molecule has 0 heterocycles. The van der Waals surface area contributed by atoms with Crippen molar-refractivity contribution in [1.82, 2.24) is 0 Å². The molecule has 3 aliphatic carbocycles. The maximum absolute atomic E-state index is 12.8. The van der Waals surface area contributed by atoms with Gasteiger partial charge in [0.05, 0.1) is 11.8 Å². The minimum Gasteiger partial charge on any atom is -0.369 e. The lowest BCUT2D eigenvalue weighted by molar-refractivity contribution is -0.132. The van der Waals surface area contributed by atoms with Gasteiger partial charge < -0.3 is 11.1 Å².